The van der Waals surface area contributed by atoms with Crippen molar-refractivity contribution in [2.75, 3.05) is 0 Å². The summed E-state index contributed by atoms with van der Waals surface area (Å²) in [4.78, 5) is 14.5. The third-order valence-corrected chi connectivity index (χ3v) is 3.23. The molecular formula is C16H13NO2. The van der Waals surface area contributed by atoms with Gasteiger partial charge in [-0.1, -0.05) is 30.3 Å². The summed E-state index contributed by atoms with van der Waals surface area (Å²) in [6.45, 7) is 2.03. The van der Waals surface area contributed by atoms with Crippen molar-refractivity contribution in [3.05, 3.63) is 59.7 Å². The Morgan fingerprint density at radius 2 is 1.89 bits per heavy atom. The summed E-state index contributed by atoms with van der Waals surface area (Å²) >= 11 is 0. The minimum atomic E-state index is -0.912. The number of carboxylic acid groups (broad SMARTS) is 1. The van der Waals surface area contributed by atoms with Gasteiger partial charge in [0.2, 0.25) is 0 Å². The van der Waals surface area contributed by atoms with Crippen molar-refractivity contribution in [2.24, 2.45) is 0 Å². The van der Waals surface area contributed by atoms with Crippen LogP contribution in [0.2, 0.25) is 0 Å². The predicted molar refractivity (Wildman–Crippen MR) is 75.4 cm³/mol. The van der Waals surface area contributed by atoms with Crippen molar-refractivity contribution >= 4 is 16.9 Å². The second-order valence-corrected chi connectivity index (χ2v) is 4.62. The van der Waals surface area contributed by atoms with E-state index < -0.39 is 5.97 Å². The highest BCUT2D eigenvalue weighted by atomic mass is 16.4. The average Bonchev–Trinajstić information content (AvgIpc) is 2.81. The van der Waals surface area contributed by atoms with Crippen LogP contribution in [0, 0.1) is 6.92 Å². The number of fused-ring (bicyclic) bond motifs is 1. The maximum Gasteiger partial charge on any atom is 0.336 e. The smallest absolute Gasteiger partial charge is 0.336 e. The van der Waals surface area contributed by atoms with Gasteiger partial charge in [0.1, 0.15) is 0 Å². The van der Waals surface area contributed by atoms with Crippen molar-refractivity contribution in [2.45, 2.75) is 6.92 Å². The highest BCUT2D eigenvalue weighted by molar-refractivity contribution is 5.97. The number of nitrogens with one attached hydrogen (secondary N) is 1. The molecule has 0 saturated heterocycles. The number of aromatic nitrogens is 1. The Morgan fingerprint density at radius 3 is 2.68 bits per heavy atom. The molecule has 0 atom stereocenters. The van der Waals surface area contributed by atoms with Crippen LogP contribution >= 0.6 is 0 Å². The predicted octanol–water partition coefficient (Wildman–Crippen LogP) is 3.84. The molecule has 94 valence electrons. The number of carboxylic acids is 1. The van der Waals surface area contributed by atoms with Crippen LogP contribution in [0.1, 0.15) is 15.9 Å². The first-order valence-electron chi connectivity index (χ1n) is 6.07. The SMILES string of the molecule is Cc1ccc2cc(-c3ccccc3C(=O)O)[nH]c2c1. The third-order valence-electron chi connectivity index (χ3n) is 3.23. The van der Waals surface area contributed by atoms with E-state index in [-0.39, 0.29) is 0 Å². The molecule has 3 nitrogen and oxygen atoms in total. The van der Waals surface area contributed by atoms with E-state index in [1.165, 1.54) is 5.56 Å². The van der Waals surface area contributed by atoms with Crippen molar-refractivity contribution < 1.29 is 9.90 Å². The summed E-state index contributed by atoms with van der Waals surface area (Å²) in [7, 11) is 0. The molecular weight excluding hydrogens is 238 g/mol. The van der Waals surface area contributed by atoms with E-state index in [0.717, 1.165) is 16.6 Å². The molecule has 1 aromatic heterocycles. The average molecular weight is 251 g/mol. The van der Waals surface area contributed by atoms with E-state index in [4.69, 9.17) is 0 Å². The van der Waals surface area contributed by atoms with Gasteiger partial charge >= 0.3 is 5.97 Å². The lowest BCUT2D eigenvalue weighted by atomic mass is 10.0. The molecule has 0 radical (unpaired) electrons. The molecule has 0 saturated carbocycles. The van der Waals surface area contributed by atoms with Gasteiger partial charge in [0.25, 0.3) is 0 Å². The Morgan fingerprint density at radius 1 is 1.11 bits per heavy atom. The lowest BCUT2D eigenvalue weighted by Crippen LogP contribution is -1.98. The second-order valence-electron chi connectivity index (χ2n) is 4.62. The number of benzene rings is 2. The zero-order valence-corrected chi connectivity index (χ0v) is 10.5. The second kappa shape index (κ2) is 4.28. The lowest BCUT2D eigenvalue weighted by molar-refractivity contribution is 0.0697. The van der Waals surface area contributed by atoms with Gasteiger partial charge in [0, 0.05) is 22.2 Å². The summed E-state index contributed by atoms with van der Waals surface area (Å²) in [5.74, 6) is -0.912. The normalized spacial score (nSPS) is 10.8. The number of aromatic carboxylic acids is 1. The highest BCUT2D eigenvalue weighted by Crippen LogP contribution is 2.27. The number of aromatic amines is 1. The lowest BCUT2D eigenvalue weighted by Gasteiger charge is -2.02. The zero-order chi connectivity index (χ0) is 13.4. The van der Waals surface area contributed by atoms with Crippen molar-refractivity contribution in [1.82, 2.24) is 4.98 Å². The van der Waals surface area contributed by atoms with E-state index in [9.17, 15) is 9.90 Å². The number of hydrogen-bond acceptors (Lipinski definition) is 1. The zero-order valence-electron chi connectivity index (χ0n) is 10.5. The molecule has 0 amide bonds. The van der Waals surface area contributed by atoms with Gasteiger partial charge in [-0.05, 0) is 30.7 Å². The molecule has 19 heavy (non-hydrogen) atoms. The van der Waals surface area contributed by atoms with Crippen molar-refractivity contribution in [1.29, 1.82) is 0 Å². The quantitative estimate of drug-likeness (QED) is 0.727. The number of H-pyrrole nitrogens is 1. The minimum absolute atomic E-state index is 0.311. The van der Waals surface area contributed by atoms with Crippen LogP contribution in [0.5, 0.6) is 0 Å². The van der Waals surface area contributed by atoms with Gasteiger partial charge in [0.05, 0.1) is 5.56 Å². The van der Waals surface area contributed by atoms with Gasteiger partial charge in [-0.15, -0.1) is 0 Å². The molecule has 2 N–H and O–H groups in total. The molecule has 0 unspecified atom stereocenters. The molecule has 2 aromatic carbocycles. The number of aryl methyl sites for hydroxylation is 1. The summed E-state index contributed by atoms with van der Waals surface area (Å²) < 4.78 is 0. The molecule has 0 fully saturated rings. The first-order valence-corrected chi connectivity index (χ1v) is 6.07. The summed E-state index contributed by atoms with van der Waals surface area (Å²) in [6.07, 6.45) is 0. The van der Waals surface area contributed by atoms with E-state index in [1.807, 2.05) is 37.3 Å². The largest absolute Gasteiger partial charge is 0.478 e. The Labute approximate surface area is 110 Å². The van der Waals surface area contributed by atoms with Crippen LogP contribution in [0.25, 0.3) is 22.2 Å². The molecule has 1 heterocycles. The summed E-state index contributed by atoms with van der Waals surface area (Å²) in [5, 5.41) is 10.3. The topological polar surface area (TPSA) is 53.1 Å². The Hall–Kier alpha value is -2.55. The number of rotatable bonds is 2. The van der Waals surface area contributed by atoms with Crippen LogP contribution in [0.15, 0.2) is 48.5 Å². The Bertz CT molecular complexity index is 771. The van der Waals surface area contributed by atoms with E-state index in [2.05, 4.69) is 11.1 Å². The van der Waals surface area contributed by atoms with Crippen LogP contribution in [0.4, 0.5) is 0 Å². The van der Waals surface area contributed by atoms with E-state index in [1.54, 1.807) is 12.1 Å². The molecule has 3 rings (SSSR count). The van der Waals surface area contributed by atoms with Gasteiger partial charge in [-0.2, -0.15) is 0 Å². The fourth-order valence-electron chi connectivity index (χ4n) is 2.29. The summed E-state index contributed by atoms with van der Waals surface area (Å²) in [5.41, 5.74) is 4.05. The molecule has 3 heteroatoms. The maximum absolute atomic E-state index is 11.3. The number of carbonyl (C=O) groups is 1. The molecule has 0 spiro atoms. The first kappa shape index (κ1) is 11.5. The first-order chi connectivity index (χ1) is 9.15. The van der Waals surface area contributed by atoms with Crippen LogP contribution in [-0.4, -0.2) is 16.1 Å². The van der Waals surface area contributed by atoms with Crippen molar-refractivity contribution in [3.8, 4) is 11.3 Å². The highest BCUT2D eigenvalue weighted by Gasteiger charge is 2.12. The maximum atomic E-state index is 11.3. The van der Waals surface area contributed by atoms with Gasteiger partial charge in [0.15, 0.2) is 0 Å². The molecule has 0 aliphatic rings. The molecule has 0 bridgehead atoms. The summed E-state index contributed by atoms with van der Waals surface area (Å²) in [6, 6.07) is 15.1. The fourth-order valence-corrected chi connectivity index (χ4v) is 2.29. The van der Waals surface area contributed by atoms with Gasteiger partial charge in [-0.25, -0.2) is 4.79 Å². The Balaban J connectivity index is 2.22. The van der Waals surface area contributed by atoms with E-state index >= 15 is 0 Å². The van der Waals surface area contributed by atoms with Gasteiger partial charge in [-0.3, -0.25) is 0 Å². The molecule has 0 aliphatic carbocycles. The monoisotopic (exact) mass is 251 g/mol. The van der Waals surface area contributed by atoms with Crippen LogP contribution < -0.4 is 0 Å². The fraction of sp³-hybridized carbons (Fsp3) is 0.0625. The van der Waals surface area contributed by atoms with E-state index in [0.29, 0.717) is 11.1 Å². The van der Waals surface area contributed by atoms with Crippen LogP contribution in [0.3, 0.4) is 0 Å². The standard InChI is InChI=1S/C16H13NO2/c1-10-6-7-11-9-15(17-14(11)8-10)12-4-2-3-5-13(12)16(18)19/h2-9,17H,1H3,(H,18,19). The Kier molecular flexibility index (Phi) is 2.60. The van der Waals surface area contributed by atoms with Gasteiger partial charge < -0.3 is 10.1 Å². The van der Waals surface area contributed by atoms with Crippen LogP contribution in [-0.2, 0) is 0 Å². The van der Waals surface area contributed by atoms with Crippen molar-refractivity contribution in [3.63, 3.8) is 0 Å². The third kappa shape index (κ3) is 1.99. The number of hydrogen-bond donors (Lipinski definition) is 2. The molecule has 3 aromatic rings. The minimum Gasteiger partial charge on any atom is -0.478 e. The molecule has 0 aliphatic heterocycles.